The zero-order valence-corrected chi connectivity index (χ0v) is 17.0. The minimum absolute atomic E-state index is 0.00372. The summed E-state index contributed by atoms with van der Waals surface area (Å²) in [6, 6.07) is 15.3. The van der Waals surface area contributed by atoms with E-state index < -0.39 is 4.92 Å². The Hall–Kier alpha value is -3.30. The van der Waals surface area contributed by atoms with Gasteiger partial charge in [0.1, 0.15) is 17.6 Å². The number of aromatic nitrogens is 1. The highest BCUT2D eigenvalue weighted by atomic mass is 32.1. The van der Waals surface area contributed by atoms with Crippen molar-refractivity contribution >= 4 is 23.0 Å². The number of ether oxygens (including phenoxy) is 1. The highest BCUT2D eigenvalue weighted by Crippen LogP contribution is 2.41. The average molecular weight is 424 g/mol. The quantitative estimate of drug-likeness (QED) is 0.347. The molecule has 0 bridgehead atoms. The molecule has 2 atom stereocenters. The molecule has 3 aromatic rings. The number of hydrogen-bond donors (Lipinski definition) is 1. The number of thiocarbonyl (C=S) groups is 1. The number of furan rings is 1. The van der Waals surface area contributed by atoms with Crippen LogP contribution in [0.25, 0.3) is 11.3 Å². The van der Waals surface area contributed by atoms with E-state index in [1.54, 1.807) is 37.6 Å². The Morgan fingerprint density at radius 1 is 1.23 bits per heavy atom. The molecule has 2 unspecified atom stereocenters. The van der Waals surface area contributed by atoms with Crippen molar-refractivity contribution in [2.24, 2.45) is 0 Å². The topological polar surface area (TPSA) is 93.7 Å². The van der Waals surface area contributed by atoms with Crippen molar-refractivity contribution in [1.29, 1.82) is 0 Å². The number of methoxy groups -OCH3 is 1. The molecular formula is C21H20N4O4S. The van der Waals surface area contributed by atoms with Gasteiger partial charge in [-0.3, -0.25) is 15.1 Å². The van der Waals surface area contributed by atoms with Gasteiger partial charge in [0.15, 0.2) is 5.11 Å². The van der Waals surface area contributed by atoms with Gasteiger partial charge >= 0.3 is 0 Å². The lowest BCUT2D eigenvalue weighted by molar-refractivity contribution is -0.384. The number of hydrogen-bond acceptors (Lipinski definition) is 6. The molecule has 4 rings (SSSR count). The van der Waals surface area contributed by atoms with E-state index >= 15 is 0 Å². The zero-order chi connectivity index (χ0) is 21.1. The molecule has 0 saturated carbocycles. The first-order valence-corrected chi connectivity index (χ1v) is 9.81. The number of nitro groups is 1. The Labute approximate surface area is 178 Å². The van der Waals surface area contributed by atoms with Gasteiger partial charge in [-0.2, -0.15) is 0 Å². The van der Waals surface area contributed by atoms with Crippen LogP contribution in [-0.4, -0.2) is 40.2 Å². The first-order chi connectivity index (χ1) is 14.6. The van der Waals surface area contributed by atoms with E-state index in [1.165, 1.54) is 6.07 Å². The normalized spacial score (nSPS) is 18.4. The van der Waals surface area contributed by atoms with Crippen LogP contribution in [0.3, 0.4) is 0 Å². The number of rotatable bonds is 7. The molecule has 1 aliphatic rings. The second-order valence-electron chi connectivity index (χ2n) is 6.79. The Kier molecular flexibility index (Phi) is 5.73. The Morgan fingerprint density at radius 2 is 2.03 bits per heavy atom. The fourth-order valence-electron chi connectivity index (χ4n) is 3.64. The molecule has 1 N–H and O–H groups in total. The lowest BCUT2D eigenvalue weighted by atomic mass is 10.0. The molecule has 1 fully saturated rings. The van der Waals surface area contributed by atoms with Crippen LogP contribution in [0.4, 0.5) is 5.69 Å². The van der Waals surface area contributed by atoms with Crippen molar-refractivity contribution in [3.8, 4) is 11.3 Å². The lowest BCUT2D eigenvalue weighted by Crippen LogP contribution is -2.32. The molecule has 9 heteroatoms. The lowest BCUT2D eigenvalue weighted by Gasteiger charge is -2.25. The molecule has 1 aliphatic heterocycles. The van der Waals surface area contributed by atoms with Crippen LogP contribution in [0, 0.1) is 10.1 Å². The number of nitrogens with zero attached hydrogens (tertiary/aromatic N) is 3. The maximum absolute atomic E-state index is 11.4. The Morgan fingerprint density at radius 3 is 2.77 bits per heavy atom. The second kappa shape index (κ2) is 8.60. The van der Waals surface area contributed by atoms with Crippen LogP contribution >= 0.6 is 12.2 Å². The summed E-state index contributed by atoms with van der Waals surface area (Å²) in [6.07, 6.45) is 1.73. The predicted octanol–water partition coefficient (Wildman–Crippen LogP) is 3.87. The third kappa shape index (κ3) is 3.77. The molecule has 0 spiro atoms. The zero-order valence-electron chi connectivity index (χ0n) is 16.2. The first kappa shape index (κ1) is 20.0. The smallest absolute Gasteiger partial charge is 0.280 e. The van der Waals surface area contributed by atoms with Crippen LogP contribution < -0.4 is 5.32 Å². The average Bonchev–Trinajstić information content (AvgIpc) is 3.37. The molecule has 0 radical (unpaired) electrons. The summed E-state index contributed by atoms with van der Waals surface area (Å²) in [5.41, 5.74) is 1.25. The van der Waals surface area contributed by atoms with Gasteiger partial charge in [0, 0.05) is 25.9 Å². The summed E-state index contributed by atoms with van der Waals surface area (Å²) >= 11 is 5.56. The molecule has 154 valence electrons. The summed E-state index contributed by atoms with van der Waals surface area (Å²) in [5.74, 6) is 1.07. The van der Waals surface area contributed by atoms with Gasteiger partial charge in [0.2, 0.25) is 0 Å². The highest BCUT2D eigenvalue weighted by Gasteiger charge is 2.41. The molecule has 30 heavy (non-hydrogen) atoms. The number of para-hydroxylation sites is 1. The van der Waals surface area contributed by atoms with E-state index in [-0.39, 0.29) is 17.8 Å². The van der Waals surface area contributed by atoms with E-state index in [1.807, 2.05) is 29.2 Å². The minimum Gasteiger partial charge on any atom is -0.459 e. The maximum atomic E-state index is 11.4. The van der Waals surface area contributed by atoms with Crippen molar-refractivity contribution in [1.82, 2.24) is 15.2 Å². The summed E-state index contributed by atoms with van der Waals surface area (Å²) in [4.78, 5) is 17.5. The van der Waals surface area contributed by atoms with Gasteiger partial charge in [-0.25, -0.2) is 0 Å². The number of benzene rings is 1. The standard InChI is InChI=1S/C21H20N4O4S/c1-28-13-12-24-20(19(23-21(24)30)15-7-4-5-11-22-15)18-10-9-17(29-18)14-6-2-3-8-16(14)25(26)27/h2-11,19-20H,12-13H2,1H3,(H,23,30). The molecule has 3 heterocycles. The molecule has 1 saturated heterocycles. The van der Waals surface area contributed by atoms with Gasteiger partial charge < -0.3 is 19.4 Å². The van der Waals surface area contributed by atoms with Crippen LogP contribution in [-0.2, 0) is 4.74 Å². The molecule has 0 amide bonds. The number of pyridine rings is 1. The van der Waals surface area contributed by atoms with Crippen LogP contribution in [0.2, 0.25) is 0 Å². The van der Waals surface area contributed by atoms with Gasteiger partial charge in [0.05, 0.1) is 28.8 Å². The Balaban J connectivity index is 1.74. The SMILES string of the molecule is COCCN1C(=S)NC(c2ccccn2)C1c1ccc(-c2ccccc2[N+](=O)[O-])o1. The summed E-state index contributed by atoms with van der Waals surface area (Å²) < 4.78 is 11.4. The van der Waals surface area contributed by atoms with E-state index in [9.17, 15) is 10.1 Å². The summed E-state index contributed by atoms with van der Waals surface area (Å²) in [7, 11) is 1.64. The first-order valence-electron chi connectivity index (χ1n) is 9.40. The fourth-order valence-corrected chi connectivity index (χ4v) is 3.97. The Bertz CT molecular complexity index is 1060. The molecular weight excluding hydrogens is 404 g/mol. The van der Waals surface area contributed by atoms with Crippen molar-refractivity contribution in [3.05, 3.63) is 82.4 Å². The monoisotopic (exact) mass is 424 g/mol. The van der Waals surface area contributed by atoms with Crippen LogP contribution in [0.1, 0.15) is 23.5 Å². The van der Waals surface area contributed by atoms with Gasteiger partial charge in [-0.05, 0) is 42.5 Å². The van der Waals surface area contributed by atoms with Crippen LogP contribution in [0.15, 0.2) is 65.2 Å². The van der Waals surface area contributed by atoms with Crippen molar-refractivity contribution in [2.75, 3.05) is 20.3 Å². The number of nitro benzene ring substituents is 1. The van der Waals surface area contributed by atoms with Gasteiger partial charge in [-0.15, -0.1) is 0 Å². The fraction of sp³-hybridized carbons (Fsp3) is 0.238. The highest BCUT2D eigenvalue weighted by molar-refractivity contribution is 7.80. The van der Waals surface area contributed by atoms with Gasteiger partial charge in [-0.1, -0.05) is 18.2 Å². The maximum Gasteiger partial charge on any atom is 0.280 e. The van der Waals surface area contributed by atoms with Crippen molar-refractivity contribution in [3.63, 3.8) is 0 Å². The van der Waals surface area contributed by atoms with Gasteiger partial charge in [0.25, 0.3) is 5.69 Å². The van der Waals surface area contributed by atoms with E-state index in [0.717, 1.165) is 5.69 Å². The minimum atomic E-state index is -0.411. The largest absolute Gasteiger partial charge is 0.459 e. The summed E-state index contributed by atoms with van der Waals surface area (Å²) in [6.45, 7) is 1.06. The third-order valence-electron chi connectivity index (χ3n) is 5.02. The van der Waals surface area contributed by atoms with E-state index in [0.29, 0.717) is 35.3 Å². The van der Waals surface area contributed by atoms with Crippen molar-refractivity contribution in [2.45, 2.75) is 12.1 Å². The van der Waals surface area contributed by atoms with Crippen LogP contribution in [0.5, 0.6) is 0 Å². The molecule has 2 aromatic heterocycles. The van der Waals surface area contributed by atoms with E-state index in [4.69, 9.17) is 21.4 Å². The second-order valence-corrected chi connectivity index (χ2v) is 7.18. The molecule has 8 nitrogen and oxygen atoms in total. The third-order valence-corrected chi connectivity index (χ3v) is 5.37. The summed E-state index contributed by atoms with van der Waals surface area (Å²) in [5, 5.41) is 15.3. The number of nitrogens with one attached hydrogen (secondary N) is 1. The molecule has 1 aromatic carbocycles. The van der Waals surface area contributed by atoms with Crippen molar-refractivity contribution < 1.29 is 14.1 Å². The predicted molar refractivity (Wildman–Crippen MR) is 115 cm³/mol. The molecule has 0 aliphatic carbocycles. The van der Waals surface area contributed by atoms with E-state index in [2.05, 4.69) is 10.3 Å².